The maximum Gasteiger partial charge on any atom is 0.243 e. The summed E-state index contributed by atoms with van der Waals surface area (Å²) < 4.78 is 15.0. The number of hydrogen-bond acceptors (Lipinski definition) is 2. The standard InChI is InChI=1S/C18H25FN2O/c1-5-12-9-15-16(21(4)11-12)10-13(6-2)14(18(15)19)7-8-17(22)20-3/h7-8,10,12H,5-6,9,11H2,1-4H3,(H,20,22)/b8-7+/t12-/m0/s1. The molecule has 3 nitrogen and oxygen atoms in total. The van der Waals surface area contributed by atoms with Crippen molar-refractivity contribution in [2.75, 3.05) is 25.5 Å². The van der Waals surface area contributed by atoms with Crippen LogP contribution in [-0.4, -0.2) is 26.5 Å². The van der Waals surface area contributed by atoms with Crippen molar-refractivity contribution in [3.8, 4) is 0 Å². The van der Waals surface area contributed by atoms with E-state index in [1.54, 1.807) is 13.1 Å². The summed E-state index contributed by atoms with van der Waals surface area (Å²) >= 11 is 0. The Labute approximate surface area is 132 Å². The van der Waals surface area contributed by atoms with Crippen LogP contribution in [0.25, 0.3) is 6.08 Å². The van der Waals surface area contributed by atoms with Gasteiger partial charge in [-0.25, -0.2) is 4.39 Å². The Morgan fingerprint density at radius 3 is 2.82 bits per heavy atom. The molecule has 4 heteroatoms. The predicted molar refractivity (Wildman–Crippen MR) is 89.6 cm³/mol. The van der Waals surface area contributed by atoms with E-state index in [1.165, 1.54) is 6.08 Å². The smallest absolute Gasteiger partial charge is 0.243 e. The third-order valence-corrected chi connectivity index (χ3v) is 4.51. The maximum absolute atomic E-state index is 15.0. The van der Waals surface area contributed by atoms with Crippen LogP contribution in [0.4, 0.5) is 10.1 Å². The monoisotopic (exact) mass is 304 g/mol. The number of halogens is 1. The van der Waals surface area contributed by atoms with Crippen molar-refractivity contribution < 1.29 is 9.18 Å². The van der Waals surface area contributed by atoms with Gasteiger partial charge in [-0.15, -0.1) is 0 Å². The molecule has 1 atom stereocenters. The third-order valence-electron chi connectivity index (χ3n) is 4.51. The van der Waals surface area contributed by atoms with Gasteiger partial charge in [0.15, 0.2) is 0 Å². The number of benzene rings is 1. The molecule has 1 aromatic carbocycles. The average molecular weight is 304 g/mol. The summed E-state index contributed by atoms with van der Waals surface area (Å²) in [5.74, 6) is 0.0949. The molecule has 22 heavy (non-hydrogen) atoms. The van der Waals surface area contributed by atoms with Crippen LogP contribution in [0.5, 0.6) is 0 Å². The van der Waals surface area contributed by atoms with Crippen molar-refractivity contribution in [1.82, 2.24) is 5.32 Å². The number of carbonyl (C=O) groups excluding carboxylic acids is 1. The molecule has 0 saturated heterocycles. The Kier molecular flexibility index (Phi) is 5.22. The fourth-order valence-electron chi connectivity index (χ4n) is 3.11. The molecule has 0 radical (unpaired) electrons. The number of carbonyl (C=O) groups is 1. The maximum atomic E-state index is 15.0. The highest BCUT2D eigenvalue weighted by Crippen LogP contribution is 2.36. The molecule has 1 amide bonds. The number of nitrogens with one attached hydrogen (secondary N) is 1. The van der Waals surface area contributed by atoms with E-state index >= 15 is 4.39 Å². The van der Waals surface area contributed by atoms with E-state index in [0.29, 0.717) is 11.5 Å². The summed E-state index contributed by atoms with van der Waals surface area (Å²) in [6, 6.07) is 2.08. The van der Waals surface area contributed by atoms with Gasteiger partial charge in [0.25, 0.3) is 0 Å². The zero-order valence-corrected chi connectivity index (χ0v) is 13.9. The van der Waals surface area contributed by atoms with E-state index in [9.17, 15) is 4.79 Å². The van der Waals surface area contributed by atoms with Gasteiger partial charge in [0.05, 0.1) is 0 Å². The lowest BCUT2D eigenvalue weighted by Crippen LogP contribution is -2.33. The van der Waals surface area contributed by atoms with E-state index in [4.69, 9.17) is 0 Å². The van der Waals surface area contributed by atoms with E-state index in [-0.39, 0.29) is 11.7 Å². The molecule has 0 fully saturated rings. The SMILES string of the molecule is CCc1cc2c(c(F)c1/C=C/C(=O)NC)C[C@H](CC)CN2C. The molecule has 1 aromatic rings. The molecule has 0 aromatic heterocycles. The third kappa shape index (κ3) is 3.16. The molecule has 1 heterocycles. The summed E-state index contributed by atoms with van der Waals surface area (Å²) in [6.45, 7) is 5.13. The minimum absolute atomic E-state index is 0.167. The quantitative estimate of drug-likeness (QED) is 0.867. The number of rotatable bonds is 4. The highest BCUT2D eigenvalue weighted by Gasteiger charge is 2.26. The van der Waals surface area contributed by atoms with Crippen molar-refractivity contribution in [2.24, 2.45) is 5.92 Å². The van der Waals surface area contributed by atoms with Crippen LogP contribution in [0, 0.1) is 11.7 Å². The van der Waals surface area contributed by atoms with E-state index in [0.717, 1.165) is 42.6 Å². The number of likely N-dealkylation sites (N-methyl/N-ethyl adjacent to an activating group) is 1. The topological polar surface area (TPSA) is 32.3 Å². The number of hydrogen-bond donors (Lipinski definition) is 1. The summed E-state index contributed by atoms with van der Waals surface area (Å²) in [5, 5.41) is 2.52. The zero-order chi connectivity index (χ0) is 16.3. The number of anilines is 1. The van der Waals surface area contributed by atoms with Gasteiger partial charge in [-0.2, -0.15) is 0 Å². The van der Waals surface area contributed by atoms with Gasteiger partial charge in [0.2, 0.25) is 5.91 Å². The number of fused-ring (bicyclic) bond motifs is 1. The average Bonchev–Trinajstić information content (AvgIpc) is 2.53. The number of amides is 1. The summed E-state index contributed by atoms with van der Waals surface area (Å²) in [7, 11) is 3.59. The summed E-state index contributed by atoms with van der Waals surface area (Å²) in [4.78, 5) is 13.6. The molecular formula is C18H25FN2O. The van der Waals surface area contributed by atoms with Crippen molar-refractivity contribution >= 4 is 17.7 Å². The van der Waals surface area contributed by atoms with Crippen LogP contribution in [0.1, 0.15) is 37.0 Å². The Hall–Kier alpha value is -1.84. The van der Waals surface area contributed by atoms with Gasteiger partial charge < -0.3 is 10.2 Å². The number of aryl methyl sites for hydroxylation is 1. The molecular weight excluding hydrogens is 279 g/mol. The lowest BCUT2D eigenvalue weighted by atomic mass is 9.87. The first-order chi connectivity index (χ1) is 10.5. The first kappa shape index (κ1) is 16.5. The van der Waals surface area contributed by atoms with Crippen LogP contribution < -0.4 is 10.2 Å². The van der Waals surface area contributed by atoms with Gasteiger partial charge >= 0.3 is 0 Å². The molecule has 0 aliphatic carbocycles. The van der Waals surface area contributed by atoms with Crippen molar-refractivity contribution in [3.05, 3.63) is 34.6 Å². The van der Waals surface area contributed by atoms with E-state index < -0.39 is 0 Å². The molecule has 0 saturated carbocycles. The molecule has 2 rings (SSSR count). The lowest BCUT2D eigenvalue weighted by molar-refractivity contribution is -0.115. The lowest BCUT2D eigenvalue weighted by Gasteiger charge is -2.34. The normalized spacial score (nSPS) is 17.7. The highest BCUT2D eigenvalue weighted by atomic mass is 19.1. The van der Waals surface area contributed by atoms with Crippen molar-refractivity contribution in [2.45, 2.75) is 33.1 Å². The second-order valence-corrected chi connectivity index (χ2v) is 5.92. The molecule has 0 unspecified atom stereocenters. The molecule has 0 bridgehead atoms. The van der Waals surface area contributed by atoms with Crippen LogP contribution in [-0.2, 0) is 17.6 Å². The first-order valence-electron chi connectivity index (χ1n) is 7.96. The summed E-state index contributed by atoms with van der Waals surface area (Å²) in [6.07, 6.45) is 5.55. The predicted octanol–water partition coefficient (Wildman–Crippen LogP) is 3.17. The second kappa shape index (κ2) is 6.95. The van der Waals surface area contributed by atoms with Gasteiger partial charge in [-0.05, 0) is 36.5 Å². The molecule has 1 N–H and O–H groups in total. The summed E-state index contributed by atoms with van der Waals surface area (Å²) in [5.41, 5.74) is 3.28. The molecule has 1 aliphatic rings. The first-order valence-corrected chi connectivity index (χ1v) is 7.96. The Morgan fingerprint density at radius 1 is 1.50 bits per heavy atom. The van der Waals surface area contributed by atoms with E-state index in [1.807, 2.05) is 14.0 Å². The fraction of sp³-hybridized carbons (Fsp3) is 0.500. The Morgan fingerprint density at radius 2 is 2.23 bits per heavy atom. The zero-order valence-electron chi connectivity index (χ0n) is 13.9. The highest BCUT2D eigenvalue weighted by molar-refractivity contribution is 5.91. The minimum atomic E-state index is -0.220. The second-order valence-electron chi connectivity index (χ2n) is 5.92. The van der Waals surface area contributed by atoms with Gasteiger partial charge in [-0.3, -0.25) is 4.79 Å². The van der Waals surface area contributed by atoms with Crippen molar-refractivity contribution in [1.29, 1.82) is 0 Å². The van der Waals surface area contributed by atoms with Gasteiger partial charge in [0, 0.05) is 43.5 Å². The Bertz CT molecular complexity index is 595. The van der Waals surface area contributed by atoms with Crippen LogP contribution >= 0.6 is 0 Å². The van der Waals surface area contributed by atoms with Crippen LogP contribution in [0.3, 0.4) is 0 Å². The molecule has 0 spiro atoms. The molecule has 1 aliphatic heterocycles. The number of nitrogens with zero attached hydrogens (tertiary/aromatic N) is 1. The van der Waals surface area contributed by atoms with Crippen LogP contribution in [0.15, 0.2) is 12.1 Å². The molecule has 120 valence electrons. The van der Waals surface area contributed by atoms with Crippen molar-refractivity contribution in [3.63, 3.8) is 0 Å². The van der Waals surface area contributed by atoms with E-state index in [2.05, 4.69) is 23.2 Å². The largest absolute Gasteiger partial charge is 0.374 e. The fourth-order valence-corrected chi connectivity index (χ4v) is 3.11. The van der Waals surface area contributed by atoms with Crippen LogP contribution in [0.2, 0.25) is 0 Å². The van der Waals surface area contributed by atoms with Gasteiger partial charge in [0.1, 0.15) is 5.82 Å². The minimum Gasteiger partial charge on any atom is -0.374 e. The Balaban J connectivity index is 2.51. The van der Waals surface area contributed by atoms with Gasteiger partial charge in [-0.1, -0.05) is 20.3 Å².